The smallest absolute Gasteiger partial charge is 0.545 e. The van der Waals surface area contributed by atoms with Crippen molar-refractivity contribution in [2.24, 2.45) is 0 Å². The number of carboxylic acid groups (broad SMARTS) is 3. The van der Waals surface area contributed by atoms with E-state index in [0.717, 1.165) is 12.2 Å². The van der Waals surface area contributed by atoms with Gasteiger partial charge in [0.2, 0.25) is 0 Å². The summed E-state index contributed by atoms with van der Waals surface area (Å²) in [6, 6.07) is 0. The molecule has 0 aliphatic heterocycles. The van der Waals surface area contributed by atoms with Gasteiger partial charge in [0.25, 0.3) is 0 Å². The SMILES string of the molecule is CC(O)C(=O)O.O=C([O-])C=Cc1c[nH]cn1.O=C([O-])C=Cc1c[nH]cn1.[Se+2]. The molecule has 0 spiro atoms. The number of nitrogens with one attached hydrogen (secondary N) is 2. The van der Waals surface area contributed by atoms with Gasteiger partial charge in [-0.3, -0.25) is 0 Å². The molecule has 1 atom stereocenters. The van der Waals surface area contributed by atoms with Crippen molar-refractivity contribution in [1.29, 1.82) is 0 Å². The number of carbonyl (C=O) groups is 3. The first-order valence-corrected chi connectivity index (χ1v) is 6.89. The second-order valence-corrected chi connectivity index (χ2v) is 4.31. The molecule has 0 aromatic carbocycles. The summed E-state index contributed by atoms with van der Waals surface area (Å²) in [5.41, 5.74) is 1.15. The van der Waals surface area contributed by atoms with Crippen LogP contribution in [-0.2, 0) is 14.4 Å². The number of rotatable bonds is 5. The van der Waals surface area contributed by atoms with Gasteiger partial charge in [-0.1, -0.05) is 0 Å². The Hall–Kier alpha value is -3.21. The Balaban J connectivity index is 0. The van der Waals surface area contributed by atoms with E-state index in [4.69, 9.17) is 10.2 Å². The summed E-state index contributed by atoms with van der Waals surface area (Å²) < 4.78 is 0. The number of H-pyrrole nitrogens is 2. The number of aliphatic carboxylic acids is 3. The van der Waals surface area contributed by atoms with Crippen molar-refractivity contribution in [2.75, 3.05) is 0 Å². The zero-order valence-electron chi connectivity index (χ0n) is 13.9. The fourth-order valence-electron chi connectivity index (χ4n) is 1.03. The number of imidazole rings is 2. The van der Waals surface area contributed by atoms with Crippen LogP contribution in [0.1, 0.15) is 18.3 Å². The molecule has 2 aromatic rings. The van der Waals surface area contributed by atoms with Crippen LogP contribution in [0.5, 0.6) is 0 Å². The normalized spacial score (nSPS) is 10.7. The zero-order valence-corrected chi connectivity index (χ0v) is 15.6. The Morgan fingerprint density at radius 2 is 1.33 bits per heavy atom. The molecule has 0 bridgehead atoms. The quantitative estimate of drug-likeness (QED) is 0.283. The van der Waals surface area contributed by atoms with E-state index in [1.807, 2.05) is 0 Å². The van der Waals surface area contributed by atoms with Crippen molar-refractivity contribution >= 4 is 47.1 Å². The number of aromatic nitrogens is 4. The molecular weight excluding hydrogens is 427 g/mol. The van der Waals surface area contributed by atoms with Crippen molar-refractivity contribution < 1.29 is 34.8 Å². The summed E-state index contributed by atoms with van der Waals surface area (Å²) in [7, 11) is 0. The predicted octanol–water partition coefficient (Wildman–Crippen LogP) is -2.58. The fraction of sp³-hybridized carbons (Fsp3) is 0.133. The molecule has 0 amide bonds. The number of nitrogens with zero attached hydrogens (tertiary/aromatic N) is 2. The summed E-state index contributed by atoms with van der Waals surface area (Å²) in [4.78, 5) is 42.0. The average Bonchev–Trinajstić information content (AvgIpc) is 3.25. The molecule has 11 nitrogen and oxygen atoms in total. The number of hydrogen-bond donors (Lipinski definition) is 4. The summed E-state index contributed by atoms with van der Waals surface area (Å²) in [5.74, 6) is -3.62. The van der Waals surface area contributed by atoms with Gasteiger partial charge in [0.15, 0.2) is 0 Å². The zero-order chi connectivity index (χ0) is 19.9. The van der Waals surface area contributed by atoms with Gasteiger partial charge >= 0.3 is 23.0 Å². The molecule has 4 radical (unpaired) electrons. The Kier molecular flexibility index (Phi) is 14.5. The number of carboxylic acids is 3. The van der Waals surface area contributed by atoms with Gasteiger partial charge in [0, 0.05) is 12.4 Å². The van der Waals surface area contributed by atoms with Gasteiger partial charge in [0.05, 0.1) is 36.0 Å². The van der Waals surface area contributed by atoms with E-state index in [-0.39, 0.29) is 17.1 Å². The van der Waals surface area contributed by atoms with Crippen molar-refractivity contribution in [2.45, 2.75) is 13.0 Å². The van der Waals surface area contributed by atoms with Crippen LogP contribution in [0.15, 0.2) is 37.2 Å². The second kappa shape index (κ2) is 15.1. The Morgan fingerprint density at radius 1 is 1.00 bits per heavy atom. The molecule has 0 aliphatic carbocycles. The monoisotopic (exact) mass is 444 g/mol. The standard InChI is InChI=1S/2C6H6N2O2.C3H6O3.Se/c2*9-6(10)2-1-5-3-7-4-8-5;1-2(4)3(5)6;/h2*1-4H,(H,7,8)(H,9,10);2,4H,1H3,(H,5,6);/q;;;+2/p-2. The first-order valence-electron chi connectivity index (χ1n) is 6.89. The maximum atomic E-state index is 9.86. The van der Waals surface area contributed by atoms with Gasteiger partial charge in [-0.15, -0.1) is 0 Å². The minimum Gasteiger partial charge on any atom is -0.545 e. The summed E-state index contributed by atoms with van der Waals surface area (Å²) in [6.45, 7) is 1.20. The summed E-state index contributed by atoms with van der Waals surface area (Å²) in [6.07, 6.45) is 9.43. The molecule has 1 unspecified atom stereocenters. The first kappa shape index (κ1) is 26.0. The molecular formula is C15H16N4O7Se. The molecule has 0 fully saturated rings. The largest absolute Gasteiger partial charge is 2.00 e. The molecule has 4 N–H and O–H groups in total. The third-order valence-electron chi connectivity index (χ3n) is 2.18. The molecule has 144 valence electrons. The van der Waals surface area contributed by atoms with E-state index >= 15 is 0 Å². The molecule has 2 rings (SSSR count). The molecule has 0 aliphatic rings. The van der Waals surface area contributed by atoms with Gasteiger partial charge in [-0.2, -0.15) is 0 Å². The third-order valence-corrected chi connectivity index (χ3v) is 2.18. The van der Waals surface area contributed by atoms with Gasteiger partial charge in [-0.25, -0.2) is 14.8 Å². The minimum absolute atomic E-state index is 0. The van der Waals surface area contributed by atoms with Crippen LogP contribution < -0.4 is 10.2 Å². The second-order valence-electron chi connectivity index (χ2n) is 4.31. The Labute approximate surface area is 164 Å². The maximum absolute atomic E-state index is 9.86. The molecule has 12 heteroatoms. The first-order chi connectivity index (χ1) is 12.2. The Morgan fingerprint density at radius 3 is 1.52 bits per heavy atom. The van der Waals surface area contributed by atoms with Crippen LogP contribution in [0.3, 0.4) is 0 Å². The van der Waals surface area contributed by atoms with E-state index in [0.29, 0.717) is 11.4 Å². The van der Waals surface area contributed by atoms with Gasteiger partial charge < -0.3 is 40.0 Å². The van der Waals surface area contributed by atoms with Crippen LogP contribution in [0, 0.1) is 0 Å². The number of hydrogen-bond acceptors (Lipinski definition) is 8. The molecule has 2 aromatic heterocycles. The number of aromatic amines is 2. The third kappa shape index (κ3) is 16.0. The fourth-order valence-corrected chi connectivity index (χ4v) is 1.03. The van der Waals surface area contributed by atoms with Gasteiger partial charge in [0.1, 0.15) is 6.10 Å². The van der Waals surface area contributed by atoms with Gasteiger partial charge in [-0.05, 0) is 31.2 Å². The van der Waals surface area contributed by atoms with Crippen molar-refractivity contribution in [3.05, 3.63) is 48.6 Å². The van der Waals surface area contributed by atoms with Crippen molar-refractivity contribution in [3.8, 4) is 0 Å². The number of aliphatic hydroxyl groups is 1. The minimum atomic E-state index is -1.23. The molecule has 0 saturated carbocycles. The van der Waals surface area contributed by atoms with Crippen LogP contribution in [0.25, 0.3) is 12.2 Å². The van der Waals surface area contributed by atoms with Crippen molar-refractivity contribution in [3.63, 3.8) is 0 Å². The van der Waals surface area contributed by atoms with Crippen LogP contribution in [-0.4, -0.2) is 71.2 Å². The molecule has 27 heavy (non-hydrogen) atoms. The molecule has 0 saturated heterocycles. The van der Waals surface area contributed by atoms with E-state index in [1.54, 1.807) is 12.4 Å². The Bertz CT molecular complexity index is 671. The predicted molar refractivity (Wildman–Crippen MR) is 90.3 cm³/mol. The average molecular weight is 443 g/mol. The molecule has 2 heterocycles. The van der Waals surface area contributed by atoms with E-state index in [2.05, 4.69) is 19.9 Å². The van der Waals surface area contributed by atoms with Crippen LogP contribution in [0.4, 0.5) is 0 Å². The van der Waals surface area contributed by atoms with E-state index in [1.165, 1.54) is 31.7 Å². The summed E-state index contributed by atoms with van der Waals surface area (Å²) in [5, 5.41) is 35.5. The van der Waals surface area contributed by atoms with Crippen LogP contribution >= 0.6 is 0 Å². The number of carbonyl (C=O) groups excluding carboxylic acids is 2. The summed E-state index contributed by atoms with van der Waals surface area (Å²) >= 11 is 0. The van der Waals surface area contributed by atoms with Crippen molar-refractivity contribution in [1.82, 2.24) is 19.9 Å². The topological polar surface area (TPSA) is 195 Å². The number of aliphatic hydroxyl groups excluding tert-OH is 1. The van der Waals surface area contributed by atoms with E-state index < -0.39 is 24.0 Å². The van der Waals surface area contributed by atoms with E-state index in [9.17, 15) is 24.6 Å². The van der Waals surface area contributed by atoms with Crippen LogP contribution in [0.2, 0.25) is 0 Å². The maximum Gasteiger partial charge on any atom is 2.00 e.